The maximum absolute atomic E-state index is 12.3. The van der Waals surface area contributed by atoms with Crippen LogP contribution in [0.2, 0.25) is 0 Å². The zero-order chi connectivity index (χ0) is 19.9. The van der Waals surface area contributed by atoms with Crippen molar-refractivity contribution in [2.24, 2.45) is 0 Å². The molecule has 0 saturated carbocycles. The lowest BCUT2D eigenvalue weighted by molar-refractivity contribution is -0.176. The summed E-state index contributed by atoms with van der Waals surface area (Å²) in [5.74, 6) is 0.760. The highest BCUT2D eigenvalue weighted by Crippen LogP contribution is 2.23. The van der Waals surface area contributed by atoms with Crippen LogP contribution in [0, 0.1) is 0 Å². The fraction of sp³-hybridized carbons (Fsp3) is 0.250. The Balaban J connectivity index is 2.12. The van der Waals surface area contributed by atoms with Crippen molar-refractivity contribution in [3.8, 4) is 11.5 Å². The lowest BCUT2D eigenvalue weighted by Gasteiger charge is -2.11. The predicted molar refractivity (Wildman–Crippen MR) is 95.1 cm³/mol. The lowest BCUT2D eigenvalue weighted by Crippen LogP contribution is -2.16. The second-order valence-corrected chi connectivity index (χ2v) is 5.61. The van der Waals surface area contributed by atoms with E-state index in [1.165, 1.54) is 20.3 Å². The first-order chi connectivity index (χ1) is 12.8. The fourth-order valence-corrected chi connectivity index (χ4v) is 2.34. The Labute approximate surface area is 155 Å². The van der Waals surface area contributed by atoms with Gasteiger partial charge in [0.1, 0.15) is 18.1 Å². The summed E-state index contributed by atoms with van der Waals surface area (Å²) in [5, 5.41) is 0. The van der Waals surface area contributed by atoms with Crippen molar-refractivity contribution >= 4 is 11.9 Å². The van der Waals surface area contributed by atoms with Gasteiger partial charge >= 0.3 is 6.18 Å². The topological polar surface area (TPSA) is 44.8 Å². The fourth-order valence-electron chi connectivity index (χ4n) is 2.34. The molecule has 0 bridgehead atoms. The maximum Gasteiger partial charge on any atom is 0.411 e. The minimum absolute atomic E-state index is 0.223. The molecule has 2 rings (SSSR count). The average Bonchev–Trinajstić information content (AvgIpc) is 2.65. The van der Waals surface area contributed by atoms with Crippen LogP contribution in [-0.2, 0) is 11.3 Å². The third-order valence-electron chi connectivity index (χ3n) is 3.61. The highest BCUT2D eigenvalue weighted by atomic mass is 19.4. The molecule has 0 amide bonds. The summed E-state index contributed by atoms with van der Waals surface area (Å²) in [7, 11) is 2.93. The number of rotatable bonds is 8. The van der Waals surface area contributed by atoms with Gasteiger partial charge in [0.05, 0.1) is 20.8 Å². The van der Waals surface area contributed by atoms with Gasteiger partial charge in [-0.25, -0.2) is 0 Å². The normalized spacial score (nSPS) is 11.6. The van der Waals surface area contributed by atoms with Crippen LogP contribution < -0.4 is 9.47 Å². The average molecular weight is 380 g/mol. The van der Waals surface area contributed by atoms with E-state index in [1.54, 1.807) is 48.5 Å². The van der Waals surface area contributed by atoms with E-state index in [4.69, 9.17) is 14.2 Å². The number of allylic oxidation sites excluding steroid dienone is 1. The van der Waals surface area contributed by atoms with Crippen molar-refractivity contribution in [1.29, 1.82) is 0 Å². The quantitative estimate of drug-likeness (QED) is 0.493. The lowest BCUT2D eigenvalue weighted by atomic mass is 10.1. The number of ketones is 1. The molecule has 144 valence electrons. The van der Waals surface area contributed by atoms with E-state index in [-0.39, 0.29) is 12.4 Å². The molecule has 0 aliphatic rings. The molecule has 2 aromatic carbocycles. The first kappa shape index (κ1) is 20.5. The predicted octanol–water partition coefficient (Wildman–Crippen LogP) is 4.68. The molecule has 0 spiro atoms. The van der Waals surface area contributed by atoms with Gasteiger partial charge in [0.25, 0.3) is 0 Å². The number of carbonyl (C=O) groups excluding carboxylic acids is 1. The molecular formula is C20H19F3O4. The first-order valence-electron chi connectivity index (χ1n) is 8.00. The Bertz CT molecular complexity index is 813. The smallest absolute Gasteiger partial charge is 0.411 e. The van der Waals surface area contributed by atoms with Crippen molar-refractivity contribution in [3.63, 3.8) is 0 Å². The van der Waals surface area contributed by atoms with Crippen molar-refractivity contribution in [1.82, 2.24) is 0 Å². The molecule has 0 saturated heterocycles. The minimum Gasteiger partial charge on any atom is -0.497 e. The highest BCUT2D eigenvalue weighted by molar-refractivity contribution is 6.07. The molecule has 0 fully saturated rings. The zero-order valence-corrected chi connectivity index (χ0v) is 14.9. The Morgan fingerprint density at radius 3 is 2.52 bits per heavy atom. The van der Waals surface area contributed by atoms with Gasteiger partial charge in [-0.05, 0) is 35.9 Å². The van der Waals surface area contributed by atoms with E-state index in [0.29, 0.717) is 28.2 Å². The molecule has 0 aromatic heterocycles. The molecular weight excluding hydrogens is 361 g/mol. The Kier molecular flexibility index (Phi) is 7.01. The van der Waals surface area contributed by atoms with Gasteiger partial charge in [0.15, 0.2) is 5.78 Å². The first-order valence-corrected chi connectivity index (χ1v) is 8.00. The van der Waals surface area contributed by atoms with Crippen LogP contribution in [0.1, 0.15) is 21.5 Å². The summed E-state index contributed by atoms with van der Waals surface area (Å²) in [6.07, 6.45) is -1.43. The molecule has 0 N–H and O–H groups in total. The number of hydrogen-bond acceptors (Lipinski definition) is 4. The van der Waals surface area contributed by atoms with E-state index in [2.05, 4.69) is 0 Å². The van der Waals surface area contributed by atoms with E-state index in [1.807, 2.05) is 0 Å². The molecule has 0 radical (unpaired) electrons. The van der Waals surface area contributed by atoms with Gasteiger partial charge in [0.2, 0.25) is 0 Å². The number of methoxy groups -OCH3 is 2. The van der Waals surface area contributed by atoms with Gasteiger partial charge < -0.3 is 14.2 Å². The minimum atomic E-state index is -4.39. The second-order valence-electron chi connectivity index (χ2n) is 5.61. The molecule has 0 aliphatic heterocycles. The van der Waals surface area contributed by atoms with Crippen molar-refractivity contribution in [2.45, 2.75) is 12.8 Å². The zero-order valence-electron chi connectivity index (χ0n) is 14.9. The monoisotopic (exact) mass is 380 g/mol. The molecule has 0 aliphatic carbocycles. The van der Waals surface area contributed by atoms with Gasteiger partial charge in [-0.15, -0.1) is 0 Å². The summed E-state index contributed by atoms with van der Waals surface area (Å²) in [6, 6.07) is 11.7. The van der Waals surface area contributed by atoms with Gasteiger partial charge in [-0.1, -0.05) is 24.3 Å². The molecule has 0 unspecified atom stereocenters. The van der Waals surface area contributed by atoms with Gasteiger partial charge in [-0.2, -0.15) is 13.2 Å². The summed E-state index contributed by atoms with van der Waals surface area (Å²) < 4.78 is 51.6. The van der Waals surface area contributed by atoms with Crippen LogP contribution in [-0.4, -0.2) is 32.8 Å². The molecule has 27 heavy (non-hydrogen) atoms. The number of ether oxygens (including phenoxy) is 3. The van der Waals surface area contributed by atoms with E-state index in [0.717, 1.165) is 0 Å². The SMILES string of the molecule is COc1cccc(C(=O)/C=C/c2ccc(OC)c(COCC(F)(F)F)c2)c1. The third kappa shape index (κ3) is 6.45. The van der Waals surface area contributed by atoms with Crippen LogP contribution in [0.25, 0.3) is 6.08 Å². The largest absolute Gasteiger partial charge is 0.497 e. The Morgan fingerprint density at radius 2 is 1.85 bits per heavy atom. The number of carbonyl (C=O) groups is 1. The van der Waals surface area contributed by atoms with Crippen LogP contribution in [0.5, 0.6) is 11.5 Å². The number of alkyl halides is 3. The number of halogens is 3. The van der Waals surface area contributed by atoms with Crippen LogP contribution in [0.4, 0.5) is 13.2 Å². The van der Waals surface area contributed by atoms with E-state index < -0.39 is 12.8 Å². The summed E-state index contributed by atoms with van der Waals surface area (Å²) in [5.41, 5.74) is 1.56. The van der Waals surface area contributed by atoms with Crippen LogP contribution >= 0.6 is 0 Å². The number of benzene rings is 2. The number of hydrogen-bond donors (Lipinski definition) is 0. The van der Waals surface area contributed by atoms with Crippen molar-refractivity contribution < 1.29 is 32.2 Å². The van der Waals surface area contributed by atoms with Gasteiger partial charge in [0, 0.05) is 11.1 Å². The summed E-state index contributed by atoms with van der Waals surface area (Å²) in [4.78, 5) is 12.3. The summed E-state index contributed by atoms with van der Waals surface area (Å²) in [6.45, 7) is -1.60. The molecule has 2 aromatic rings. The Morgan fingerprint density at radius 1 is 1.07 bits per heavy atom. The van der Waals surface area contributed by atoms with Crippen molar-refractivity contribution in [2.75, 3.05) is 20.8 Å². The third-order valence-corrected chi connectivity index (χ3v) is 3.61. The molecule has 7 heteroatoms. The molecule has 4 nitrogen and oxygen atoms in total. The van der Waals surface area contributed by atoms with Gasteiger partial charge in [-0.3, -0.25) is 4.79 Å². The Hall–Kier alpha value is -2.80. The standard InChI is InChI=1S/C20H19F3O4/c1-25-17-5-3-4-15(11-17)18(24)8-6-14-7-9-19(26-2)16(10-14)12-27-13-20(21,22)23/h3-11H,12-13H2,1-2H3/b8-6+. The van der Waals surface area contributed by atoms with E-state index >= 15 is 0 Å². The van der Waals surface area contributed by atoms with Crippen LogP contribution in [0.3, 0.4) is 0 Å². The van der Waals surface area contributed by atoms with Crippen LogP contribution in [0.15, 0.2) is 48.5 Å². The maximum atomic E-state index is 12.3. The molecule has 0 atom stereocenters. The molecule has 0 heterocycles. The highest BCUT2D eigenvalue weighted by Gasteiger charge is 2.27. The van der Waals surface area contributed by atoms with E-state index in [9.17, 15) is 18.0 Å². The second kappa shape index (κ2) is 9.23. The van der Waals surface area contributed by atoms with Crippen molar-refractivity contribution in [3.05, 3.63) is 65.2 Å². The summed E-state index contributed by atoms with van der Waals surface area (Å²) >= 11 is 0.